The standard InChI is InChI=1S/C9H12O.C5H10N4O2.C2H6/c1-3-8-4-6-9(10-2)7-5-8;1-11-5(10)3-2-4(6)8-9-7;1-2/h4-7H,3H2,1-2H3;2-3H2,1H3,(H3,6,7,8);1-2H3. The monoisotopic (exact) mass is 324 g/mol. The van der Waals surface area contributed by atoms with Crippen molar-refractivity contribution in [3.05, 3.63) is 29.8 Å². The highest BCUT2D eigenvalue weighted by molar-refractivity contribution is 5.83. The summed E-state index contributed by atoms with van der Waals surface area (Å²) in [6.07, 6.45) is 1.42. The summed E-state index contributed by atoms with van der Waals surface area (Å²) >= 11 is 0. The highest BCUT2D eigenvalue weighted by Crippen LogP contribution is 2.10. The van der Waals surface area contributed by atoms with Crippen LogP contribution in [0, 0.1) is 5.41 Å². The Morgan fingerprint density at radius 3 is 2.13 bits per heavy atom. The van der Waals surface area contributed by atoms with Gasteiger partial charge in [0.2, 0.25) is 0 Å². The second-order valence-electron chi connectivity index (χ2n) is 3.94. The maximum Gasteiger partial charge on any atom is 0.305 e. The average Bonchev–Trinajstić information content (AvgIpc) is 2.62. The van der Waals surface area contributed by atoms with E-state index in [1.807, 2.05) is 26.0 Å². The van der Waals surface area contributed by atoms with Gasteiger partial charge in [0, 0.05) is 6.42 Å². The number of hydrogen-bond acceptors (Lipinski definition) is 5. The largest absolute Gasteiger partial charge is 0.497 e. The minimum Gasteiger partial charge on any atom is -0.497 e. The van der Waals surface area contributed by atoms with Crippen molar-refractivity contribution >= 4 is 11.8 Å². The van der Waals surface area contributed by atoms with Crippen LogP contribution in [-0.4, -0.2) is 26.0 Å². The number of benzene rings is 1. The van der Waals surface area contributed by atoms with Gasteiger partial charge in [-0.05, 0) is 24.1 Å². The molecule has 23 heavy (non-hydrogen) atoms. The molecule has 0 atom stereocenters. The Hall–Kier alpha value is -2.44. The van der Waals surface area contributed by atoms with Crippen molar-refractivity contribution < 1.29 is 14.3 Å². The molecule has 0 bridgehead atoms. The van der Waals surface area contributed by atoms with Gasteiger partial charge in [0.1, 0.15) is 11.6 Å². The molecule has 0 saturated heterocycles. The van der Waals surface area contributed by atoms with Gasteiger partial charge < -0.3 is 15.3 Å². The van der Waals surface area contributed by atoms with Crippen molar-refractivity contribution in [1.29, 1.82) is 5.41 Å². The number of hydrogen-bond donors (Lipinski definition) is 2. The summed E-state index contributed by atoms with van der Waals surface area (Å²) in [5, 5.41) is 13.1. The number of esters is 1. The maximum atomic E-state index is 10.5. The molecule has 1 aromatic rings. The SMILES string of the molecule is CC.CCc1ccc(OC)cc1.COC(=O)CCC(=N)N=NN. The van der Waals surface area contributed by atoms with Gasteiger partial charge in [0.05, 0.1) is 20.6 Å². The Labute approximate surface area is 138 Å². The Morgan fingerprint density at radius 1 is 1.17 bits per heavy atom. The van der Waals surface area contributed by atoms with Crippen LogP contribution >= 0.6 is 0 Å². The Morgan fingerprint density at radius 2 is 1.74 bits per heavy atom. The summed E-state index contributed by atoms with van der Waals surface area (Å²) in [7, 11) is 2.97. The van der Waals surface area contributed by atoms with Crippen molar-refractivity contribution in [3.8, 4) is 5.75 Å². The summed E-state index contributed by atoms with van der Waals surface area (Å²) < 4.78 is 9.35. The highest BCUT2D eigenvalue weighted by Gasteiger charge is 2.01. The van der Waals surface area contributed by atoms with E-state index in [0.29, 0.717) is 0 Å². The van der Waals surface area contributed by atoms with Crippen LogP contribution in [0.4, 0.5) is 0 Å². The van der Waals surface area contributed by atoms with Gasteiger partial charge in [-0.1, -0.05) is 38.1 Å². The zero-order valence-electron chi connectivity index (χ0n) is 14.6. The van der Waals surface area contributed by atoms with E-state index >= 15 is 0 Å². The van der Waals surface area contributed by atoms with Gasteiger partial charge >= 0.3 is 5.97 Å². The van der Waals surface area contributed by atoms with E-state index in [2.05, 4.69) is 40.0 Å². The van der Waals surface area contributed by atoms with E-state index in [-0.39, 0.29) is 24.6 Å². The lowest BCUT2D eigenvalue weighted by atomic mass is 10.2. The number of nitrogens with one attached hydrogen (secondary N) is 1. The van der Waals surface area contributed by atoms with Gasteiger partial charge in [0.25, 0.3) is 0 Å². The fourth-order valence-corrected chi connectivity index (χ4v) is 1.30. The molecule has 0 fully saturated rings. The molecule has 7 nitrogen and oxygen atoms in total. The Balaban J connectivity index is 0. The van der Waals surface area contributed by atoms with Gasteiger partial charge in [0.15, 0.2) is 0 Å². The van der Waals surface area contributed by atoms with Crippen LogP contribution in [-0.2, 0) is 16.0 Å². The molecule has 130 valence electrons. The number of methoxy groups -OCH3 is 2. The van der Waals surface area contributed by atoms with E-state index in [0.717, 1.165) is 12.2 Å². The van der Waals surface area contributed by atoms with E-state index in [1.54, 1.807) is 7.11 Å². The minimum absolute atomic E-state index is 0.0297. The van der Waals surface area contributed by atoms with E-state index in [1.165, 1.54) is 12.7 Å². The predicted molar refractivity (Wildman–Crippen MR) is 91.7 cm³/mol. The van der Waals surface area contributed by atoms with Crippen molar-refractivity contribution in [2.24, 2.45) is 16.2 Å². The molecule has 0 saturated carbocycles. The second kappa shape index (κ2) is 15.9. The molecule has 3 N–H and O–H groups in total. The molecule has 0 spiro atoms. The van der Waals surface area contributed by atoms with Crippen LogP contribution in [0.25, 0.3) is 0 Å². The third-order valence-corrected chi connectivity index (χ3v) is 2.54. The van der Waals surface area contributed by atoms with Crippen LogP contribution in [0.3, 0.4) is 0 Å². The van der Waals surface area contributed by atoms with Crippen molar-refractivity contribution in [1.82, 2.24) is 0 Å². The van der Waals surface area contributed by atoms with Crippen molar-refractivity contribution in [2.45, 2.75) is 40.0 Å². The number of nitrogens with zero attached hydrogens (tertiary/aromatic N) is 2. The lowest BCUT2D eigenvalue weighted by Gasteiger charge is -1.99. The summed E-state index contributed by atoms with van der Waals surface area (Å²) in [4.78, 5) is 10.5. The fraction of sp³-hybridized carbons (Fsp3) is 0.500. The lowest BCUT2D eigenvalue weighted by Crippen LogP contribution is -2.03. The second-order valence-corrected chi connectivity index (χ2v) is 3.94. The predicted octanol–water partition coefficient (Wildman–Crippen LogP) is 3.53. The van der Waals surface area contributed by atoms with Crippen molar-refractivity contribution in [3.63, 3.8) is 0 Å². The molecule has 0 aliphatic rings. The zero-order chi connectivity index (χ0) is 18.1. The molecule has 1 aromatic carbocycles. The molecule has 0 aromatic heterocycles. The smallest absolute Gasteiger partial charge is 0.305 e. The number of ether oxygens (including phenoxy) is 2. The number of aryl methyl sites for hydroxylation is 1. The normalized spacial score (nSPS) is 9.09. The lowest BCUT2D eigenvalue weighted by molar-refractivity contribution is -0.140. The Bertz CT molecular complexity index is 436. The molecule has 7 heteroatoms. The van der Waals surface area contributed by atoms with Crippen LogP contribution in [0.2, 0.25) is 0 Å². The number of carbonyl (C=O) groups excluding carboxylic acids is 1. The van der Waals surface area contributed by atoms with E-state index in [4.69, 9.17) is 10.1 Å². The number of carbonyl (C=O) groups is 1. The van der Waals surface area contributed by atoms with Gasteiger partial charge in [-0.3, -0.25) is 10.2 Å². The zero-order valence-corrected chi connectivity index (χ0v) is 14.6. The molecule has 0 radical (unpaired) electrons. The Kier molecular flexibility index (Phi) is 15.8. The molecule has 0 unspecified atom stereocenters. The quantitative estimate of drug-likeness (QED) is 0.215. The first-order valence-corrected chi connectivity index (χ1v) is 7.45. The summed E-state index contributed by atoms with van der Waals surface area (Å²) in [5.41, 5.74) is 1.35. The number of rotatable bonds is 5. The van der Waals surface area contributed by atoms with Gasteiger partial charge in [-0.15, -0.1) is 5.11 Å². The third-order valence-electron chi connectivity index (χ3n) is 2.54. The average molecular weight is 324 g/mol. The van der Waals surface area contributed by atoms with Crippen molar-refractivity contribution in [2.75, 3.05) is 14.2 Å². The first-order valence-electron chi connectivity index (χ1n) is 7.45. The van der Waals surface area contributed by atoms with Gasteiger partial charge in [-0.2, -0.15) is 0 Å². The summed E-state index contributed by atoms with van der Waals surface area (Å²) in [6.45, 7) is 6.14. The molecule has 1 rings (SSSR count). The van der Waals surface area contributed by atoms with Crippen LogP contribution in [0.15, 0.2) is 34.6 Å². The maximum absolute atomic E-state index is 10.5. The highest BCUT2D eigenvalue weighted by atomic mass is 16.5. The van der Waals surface area contributed by atoms with Crippen LogP contribution in [0.1, 0.15) is 39.2 Å². The minimum atomic E-state index is -0.373. The fourth-order valence-electron chi connectivity index (χ4n) is 1.30. The van der Waals surface area contributed by atoms with E-state index in [9.17, 15) is 4.79 Å². The molecule has 0 aliphatic heterocycles. The van der Waals surface area contributed by atoms with Crippen LogP contribution in [0.5, 0.6) is 5.75 Å². The van der Waals surface area contributed by atoms with Gasteiger partial charge in [-0.25, -0.2) is 0 Å². The third kappa shape index (κ3) is 13.0. The summed E-state index contributed by atoms with van der Waals surface area (Å²) in [6, 6.07) is 8.13. The summed E-state index contributed by atoms with van der Waals surface area (Å²) in [5.74, 6) is 5.19. The number of nitrogens with two attached hydrogens (primary N) is 1. The van der Waals surface area contributed by atoms with E-state index < -0.39 is 0 Å². The number of amidine groups is 1. The molecular weight excluding hydrogens is 296 g/mol. The molecular formula is C16H28N4O3. The van der Waals surface area contributed by atoms with Crippen LogP contribution < -0.4 is 10.6 Å². The first kappa shape index (κ1) is 22.8. The molecule has 0 heterocycles. The first-order chi connectivity index (χ1) is 11.1. The molecule has 0 amide bonds. The molecule has 0 aliphatic carbocycles. The topological polar surface area (TPSA) is 110 Å².